The maximum Gasteiger partial charge on any atom is 0.307 e. The van der Waals surface area contributed by atoms with Crippen molar-refractivity contribution in [2.75, 3.05) is 18.4 Å². The zero-order valence-electron chi connectivity index (χ0n) is 13.7. The maximum absolute atomic E-state index is 12.5. The van der Waals surface area contributed by atoms with E-state index >= 15 is 0 Å². The number of rotatable bonds is 4. The minimum Gasteiger partial charge on any atom is -0.481 e. The summed E-state index contributed by atoms with van der Waals surface area (Å²) in [6, 6.07) is 4.99. The van der Waals surface area contributed by atoms with Crippen LogP contribution >= 0.6 is 11.6 Å². The first-order valence-electron chi connectivity index (χ1n) is 7.82. The van der Waals surface area contributed by atoms with E-state index in [4.69, 9.17) is 11.6 Å². The fourth-order valence-corrected chi connectivity index (χ4v) is 3.21. The molecule has 1 amide bonds. The van der Waals surface area contributed by atoms with Crippen LogP contribution < -0.4 is 5.32 Å². The third kappa shape index (κ3) is 4.24. The van der Waals surface area contributed by atoms with Gasteiger partial charge in [0.15, 0.2) is 0 Å². The van der Waals surface area contributed by atoms with Crippen molar-refractivity contribution in [3.63, 3.8) is 0 Å². The largest absolute Gasteiger partial charge is 0.481 e. The van der Waals surface area contributed by atoms with E-state index in [1.165, 1.54) is 0 Å². The van der Waals surface area contributed by atoms with Crippen molar-refractivity contribution in [2.45, 2.75) is 33.2 Å². The van der Waals surface area contributed by atoms with Crippen LogP contribution in [-0.4, -0.2) is 41.0 Å². The number of likely N-dealkylation sites (tertiary alicyclic amines) is 1. The highest BCUT2D eigenvalue weighted by Gasteiger charge is 2.33. The molecule has 1 aliphatic rings. The third-order valence-corrected chi connectivity index (χ3v) is 4.90. The predicted molar refractivity (Wildman–Crippen MR) is 90.8 cm³/mol. The van der Waals surface area contributed by atoms with Crippen LogP contribution in [-0.2, 0) is 9.59 Å². The molecular formula is C17H23ClN2O3. The van der Waals surface area contributed by atoms with Gasteiger partial charge in [-0.1, -0.05) is 24.6 Å². The Morgan fingerprint density at radius 3 is 2.74 bits per heavy atom. The average molecular weight is 339 g/mol. The van der Waals surface area contributed by atoms with Crippen LogP contribution in [0.1, 0.15) is 25.8 Å². The van der Waals surface area contributed by atoms with Crippen molar-refractivity contribution in [1.82, 2.24) is 4.90 Å². The molecular weight excluding hydrogens is 316 g/mol. The molecule has 1 heterocycles. The number of nitrogens with one attached hydrogen (secondary N) is 1. The number of nitrogens with zero attached hydrogens (tertiary/aromatic N) is 1. The number of amides is 1. The van der Waals surface area contributed by atoms with Crippen LogP contribution in [0.25, 0.3) is 0 Å². The number of benzene rings is 1. The van der Waals surface area contributed by atoms with Gasteiger partial charge < -0.3 is 10.4 Å². The standard InChI is InChI=1S/C17H23ClN2O3/c1-10-7-13(17(22)23)9-20(8-10)12(3)16(21)19-15-6-4-5-14(18)11(15)2/h4-6,10,12-13H,7-9H2,1-3H3,(H,19,21)(H,22,23). The summed E-state index contributed by atoms with van der Waals surface area (Å²) in [5, 5.41) is 12.8. The van der Waals surface area contributed by atoms with Crippen LogP contribution in [0.5, 0.6) is 0 Å². The summed E-state index contributed by atoms with van der Waals surface area (Å²) in [6.07, 6.45) is 0.660. The fourth-order valence-electron chi connectivity index (χ4n) is 3.03. The smallest absolute Gasteiger partial charge is 0.307 e. The Balaban J connectivity index is 2.07. The lowest BCUT2D eigenvalue weighted by molar-refractivity contribution is -0.145. The van der Waals surface area contributed by atoms with Crippen LogP contribution in [0.4, 0.5) is 5.69 Å². The van der Waals surface area contributed by atoms with E-state index in [-0.39, 0.29) is 11.8 Å². The molecule has 0 aliphatic carbocycles. The number of carboxylic acids is 1. The van der Waals surface area contributed by atoms with Crippen molar-refractivity contribution in [3.05, 3.63) is 28.8 Å². The first-order chi connectivity index (χ1) is 10.8. The summed E-state index contributed by atoms with van der Waals surface area (Å²) in [6.45, 7) is 6.82. The molecule has 126 valence electrons. The van der Waals surface area contributed by atoms with Crippen molar-refractivity contribution in [2.24, 2.45) is 11.8 Å². The van der Waals surface area contributed by atoms with Crippen LogP contribution in [0.3, 0.4) is 0 Å². The first kappa shape index (κ1) is 17.8. The molecule has 2 N–H and O–H groups in total. The topological polar surface area (TPSA) is 69.6 Å². The van der Waals surface area contributed by atoms with Gasteiger partial charge in [-0.05, 0) is 43.9 Å². The highest BCUT2D eigenvalue weighted by molar-refractivity contribution is 6.31. The molecule has 23 heavy (non-hydrogen) atoms. The Morgan fingerprint density at radius 1 is 1.39 bits per heavy atom. The molecule has 0 radical (unpaired) electrons. The van der Waals surface area contributed by atoms with E-state index in [0.29, 0.717) is 23.7 Å². The van der Waals surface area contributed by atoms with E-state index in [2.05, 4.69) is 5.32 Å². The average Bonchev–Trinajstić information content (AvgIpc) is 2.50. The fraction of sp³-hybridized carbons (Fsp3) is 0.529. The number of carboxylic acid groups (broad SMARTS) is 1. The van der Waals surface area contributed by atoms with Gasteiger partial charge in [-0.2, -0.15) is 0 Å². The number of anilines is 1. The van der Waals surface area contributed by atoms with Gasteiger partial charge in [0, 0.05) is 23.8 Å². The Morgan fingerprint density at radius 2 is 2.09 bits per heavy atom. The second kappa shape index (κ2) is 7.32. The van der Waals surface area contributed by atoms with Gasteiger partial charge in [-0.3, -0.25) is 14.5 Å². The van der Waals surface area contributed by atoms with E-state index < -0.39 is 17.9 Å². The lowest BCUT2D eigenvalue weighted by Gasteiger charge is -2.37. The monoisotopic (exact) mass is 338 g/mol. The number of hydrogen-bond acceptors (Lipinski definition) is 3. The SMILES string of the molecule is Cc1c(Cl)cccc1NC(=O)C(C)N1CC(C)CC(C(=O)O)C1. The molecule has 0 saturated carbocycles. The zero-order valence-corrected chi connectivity index (χ0v) is 14.4. The third-order valence-electron chi connectivity index (χ3n) is 4.49. The summed E-state index contributed by atoms with van der Waals surface area (Å²) in [5.41, 5.74) is 1.51. The summed E-state index contributed by atoms with van der Waals surface area (Å²) < 4.78 is 0. The summed E-state index contributed by atoms with van der Waals surface area (Å²) in [4.78, 5) is 25.7. The number of carbonyl (C=O) groups is 2. The summed E-state index contributed by atoms with van der Waals surface area (Å²) >= 11 is 6.07. The van der Waals surface area contributed by atoms with Crippen molar-refractivity contribution in [3.8, 4) is 0 Å². The Hall–Kier alpha value is -1.59. The van der Waals surface area contributed by atoms with Gasteiger partial charge in [-0.15, -0.1) is 0 Å². The van der Waals surface area contributed by atoms with Crippen LogP contribution in [0.2, 0.25) is 5.02 Å². The minimum atomic E-state index is -0.792. The lowest BCUT2D eigenvalue weighted by Crippen LogP contribution is -2.50. The molecule has 5 nitrogen and oxygen atoms in total. The molecule has 3 unspecified atom stereocenters. The molecule has 3 atom stereocenters. The van der Waals surface area contributed by atoms with Gasteiger partial charge >= 0.3 is 5.97 Å². The quantitative estimate of drug-likeness (QED) is 0.885. The number of hydrogen-bond donors (Lipinski definition) is 2. The predicted octanol–water partition coefficient (Wildman–Crippen LogP) is 3.02. The number of carbonyl (C=O) groups excluding carboxylic acids is 1. The normalized spacial score (nSPS) is 23.3. The number of halogens is 1. The zero-order chi connectivity index (χ0) is 17.1. The second-order valence-electron chi connectivity index (χ2n) is 6.41. The van der Waals surface area contributed by atoms with Crippen molar-refractivity contribution in [1.29, 1.82) is 0 Å². The van der Waals surface area contributed by atoms with Gasteiger partial charge in [-0.25, -0.2) is 0 Å². The summed E-state index contributed by atoms with van der Waals surface area (Å²) in [7, 11) is 0. The molecule has 1 saturated heterocycles. The molecule has 0 aromatic heterocycles. The molecule has 0 spiro atoms. The number of aliphatic carboxylic acids is 1. The van der Waals surface area contributed by atoms with Gasteiger partial charge in [0.1, 0.15) is 0 Å². The van der Waals surface area contributed by atoms with Crippen LogP contribution in [0, 0.1) is 18.8 Å². The highest BCUT2D eigenvalue weighted by atomic mass is 35.5. The van der Waals surface area contributed by atoms with Gasteiger partial charge in [0.2, 0.25) is 5.91 Å². The highest BCUT2D eigenvalue weighted by Crippen LogP contribution is 2.25. The molecule has 1 aromatic carbocycles. The number of piperidine rings is 1. The lowest BCUT2D eigenvalue weighted by atomic mass is 9.89. The maximum atomic E-state index is 12.5. The molecule has 0 bridgehead atoms. The van der Waals surface area contributed by atoms with E-state index in [1.54, 1.807) is 12.1 Å². The van der Waals surface area contributed by atoms with Gasteiger partial charge in [0.05, 0.1) is 12.0 Å². The molecule has 6 heteroatoms. The van der Waals surface area contributed by atoms with E-state index in [9.17, 15) is 14.7 Å². The Labute approximate surface area is 141 Å². The van der Waals surface area contributed by atoms with Crippen molar-refractivity contribution >= 4 is 29.2 Å². The molecule has 1 aromatic rings. The van der Waals surface area contributed by atoms with Crippen LogP contribution in [0.15, 0.2) is 18.2 Å². The second-order valence-corrected chi connectivity index (χ2v) is 6.81. The summed E-state index contributed by atoms with van der Waals surface area (Å²) in [5.74, 6) is -1.09. The molecule has 1 fully saturated rings. The first-order valence-corrected chi connectivity index (χ1v) is 8.20. The van der Waals surface area contributed by atoms with Crippen molar-refractivity contribution < 1.29 is 14.7 Å². The minimum absolute atomic E-state index is 0.145. The molecule has 2 rings (SSSR count). The van der Waals surface area contributed by atoms with Gasteiger partial charge in [0.25, 0.3) is 0 Å². The Kier molecular flexibility index (Phi) is 5.65. The van der Waals surface area contributed by atoms with E-state index in [0.717, 1.165) is 12.1 Å². The molecule has 1 aliphatic heterocycles. The van der Waals surface area contributed by atoms with E-state index in [1.807, 2.05) is 31.7 Å². The Bertz CT molecular complexity index is 606.